The van der Waals surface area contributed by atoms with Gasteiger partial charge in [0.2, 0.25) is 11.9 Å². The first-order valence-electron chi connectivity index (χ1n) is 4.15. The fraction of sp³-hybridized carbons (Fsp3) is 0.250. The molecule has 0 aromatic carbocycles. The summed E-state index contributed by atoms with van der Waals surface area (Å²) in [6.45, 7) is 0. The molecule has 15 heavy (non-hydrogen) atoms. The molecule has 0 bridgehead atoms. The van der Waals surface area contributed by atoms with Crippen LogP contribution in [0.3, 0.4) is 0 Å². The van der Waals surface area contributed by atoms with E-state index >= 15 is 0 Å². The molecule has 1 amide bonds. The van der Waals surface area contributed by atoms with Gasteiger partial charge in [0.15, 0.2) is 0 Å². The lowest BCUT2D eigenvalue weighted by Crippen LogP contribution is -2.18. The molecule has 0 aliphatic heterocycles. The molecular weight excluding hydrogens is 202 g/mol. The van der Waals surface area contributed by atoms with Crippen LogP contribution in [0.25, 0.3) is 0 Å². The Labute approximate surface area is 84.2 Å². The van der Waals surface area contributed by atoms with Crippen LogP contribution in [0.1, 0.15) is 12.8 Å². The fourth-order valence-corrected chi connectivity index (χ4v) is 0.849. The number of amides is 1. The summed E-state index contributed by atoms with van der Waals surface area (Å²) in [6, 6.07) is 1.20. The lowest BCUT2D eigenvalue weighted by Gasteiger charge is -2.01. The average Bonchev–Trinajstić information content (AvgIpc) is 2.15. The van der Waals surface area contributed by atoms with Gasteiger partial charge in [0.25, 0.3) is 5.56 Å². The first-order valence-corrected chi connectivity index (χ1v) is 4.15. The summed E-state index contributed by atoms with van der Waals surface area (Å²) in [7, 11) is 0. The van der Waals surface area contributed by atoms with Gasteiger partial charge in [-0.1, -0.05) is 0 Å². The summed E-state index contributed by atoms with van der Waals surface area (Å²) >= 11 is 0. The van der Waals surface area contributed by atoms with Gasteiger partial charge in [0.1, 0.15) is 0 Å². The predicted octanol–water partition coefficient (Wildman–Crippen LogP) is -0.427. The van der Waals surface area contributed by atoms with Crippen molar-refractivity contribution in [3.63, 3.8) is 0 Å². The molecule has 1 aromatic heterocycles. The minimum atomic E-state index is -1.06. The number of hydrogen-bond donors (Lipinski definition) is 3. The van der Waals surface area contributed by atoms with Crippen LogP contribution in [0.15, 0.2) is 17.1 Å². The van der Waals surface area contributed by atoms with Crippen LogP contribution >= 0.6 is 0 Å². The van der Waals surface area contributed by atoms with Crippen LogP contribution in [0.5, 0.6) is 0 Å². The van der Waals surface area contributed by atoms with Crippen molar-refractivity contribution < 1.29 is 14.7 Å². The van der Waals surface area contributed by atoms with Crippen molar-refractivity contribution in [2.45, 2.75) is 12.8 Å². The third-order valence-corrected chi connectivity index (χ3v) is 1.49. The Morgan fingerprint density at radius 1 is 1.47 bits per heavy atom. The number of aliphatic carboxylic acids is 1. The van der Waals surface area contributed by atoms with E-state index in [1.165, 1.54) is 12.3 Å². The van der Waals surface area contributed by atoms with E-state index in [0.717, 1.165) is 0 Å². The molecule has 0 saturated heterocycles. The van der Waals surface area contributed by atoms with Gasteiger partial charge in [-0.2, -0.15) is 0 Å². The molecule has 7 heteroatoms. The number of aromatic amines is 1. The Bertz CT molecular complexity index is 426. The quantitative estimate of drug-likeness (QED) is 0.625. The van der Waals surface area contributed by atoms with Crippen LogP contribution in [0.4, 0.5) is 5.95 Å². The van der Waals surface area contributed by atoms with Gasteiger partial charge >= 0.3 is 5.97 Å². The van der Waals surface area contributed by atoms with Gasteiger partial charge in [-0.15, -0.1) is 0 Å². The third kappa shape index (κ3) is 4.03. The smallest absolute Gasteiger partial charge is 0.303 e. The average molecular weight is 211 g/mol. The van der Waals surface area contributed by atoms with Crippen molar-refractivity contribution in [3.8, 4) is 0 Å². The molecule has 0 spiro atoms. The Morgan fingerprint density at radius 2 is 2.20 bits per heavy atom. The third-order valence-electron chi connectivity index (χ3n) is 1.49. The Morgan fingerprint density at radius 3 is 2.80 bits per heavy atom. The standard InChI is InChI=1S/C8H9N3O4/c12-5(1-2-7(14)15)10-8-9-4-3-6(13)11-8/h3-4H,1-2H2,(H,14,15)(H2,9,10,11,12,13). The van der Waals surface area contributed by atoms with Crippen LogP contribution in [-0.4, -0.2) is 27.0 Å². The van der Waals surface area contributed by atoms with E-state index in [-0.39, 0.29) is 18.8 Å². The van der Waals surface area contributed by atoms with Crippen molar-refractivity contribution in [3.05, 3.63) is 22.6 Å². The van der Waals surface area contributed by atoms with Crippen molar-refractivity contribution in [2.75, 3.05) is 5.32 Å². The summed E-state index contributed by atoms with van der Waals surface area (Å²) in [4.78, 5) is 38.0. The molecule has 0 fully saturated rings. The molecule has 1 aromatic rings. The number of nitrogens with zero attached hydrogens (tertiary/aromatic N) is 1. The van der Waals surface area contributed by atoms with Gasteiger partial charge in [0.05, 0.1) is 6.42 Å². The highest BCUT2D eigenvalue weighted by Gasteiger charge is 2.06. The molecule has 0 saturated carbocycles. The summed E-state index contributed by atoms with van der Waals surface area (Å²) in [5.74, 6) is -1.55. The van der Waals surface area contributed by atoms with E-state index in [0.29, 0.717) is 0 Å². The number of H-pyrrole nitrogens is 1. The maximum atomic E-state index is 11.1. The Hall–Kier alpha value is -2.18. The molecule has 7 nitrogen and oxygen atoms in total. The molecule has 0 aliphatic rings. The molecule has 3 N–H and O–H groups in total. The second kappa shape index (κ2) is 4.89. The largest absolute Gasteiger partial charge is 0.481 e. The number of carbonyl (C=O) groups excluding carboxylic acids is 1. The molecule has 80 valence electrons. The zero-order valence-corrected chi connectivity index (χ0v) is 7.69. The first-order chi connectivity index (χ1) is 7.08. The van der Waals surface area contributed by atoms with Gasteiger partial charge in [-0.3, -0.25) is 24.7 Å². The van der Waals surface area contributed by atoms with E-state index in [1.807, 2.05) is 0 Å². The van der Waals surface area contributed by atoms with Gasteiger partial charge in [-0.25, -0.2) is 4.98 Å². The number of carboxylic acids is 1. The van der Waals surface area contributed by atoms with Crippen molar-refractivity contribution in [1.29, 1.82) is 0 Å². The zero-order chi connectivity index (χ0) is 11.3. The number of rotatable bonds is 4. The van der Waals surface area contributed by atoms with Crippen LogP contribution in [-0.2, 0) is 9.59 Å². The number of carboxylic acid groups (broad SMARTS) is 1. The molecule has 1 heterocycles. The predicted molar refractivity (Wildman–Crippen MR) is 50.4 cm³/mol. The van der Waals surface area contributed by atoms with Crippen LogP contribution in [0.2, 0.25) is 0 Å². The molecular formula is C8H9N3O4. The number of hydrogen-bond acceptors (Lipinski definition) is 4. The minimum Gasteiger partial charge on any atom is -0.481 e. The normalized spacial score (nSPS) is 9.60. The van der Waals surface area contributed by atoms with Crippen molar-refractivity contribution in [2.24, 2.45) is 0 Å². The monoisotopic (exact) mass is 211 g/mol. The fourth-order valence-electron chi connectivity index (χ4n) is 0.849. The molecule has 0 radical (unpaired) electrons. The summed E-state index contributed by atoms with van der Waals surface area (Å²) < 4.78 is 0. The van der Waals surface area contributed by atoms with E-state index in [1.54, 1.807) is 0 Å². The van der Waals surface area contributed by atoms with Crippen LogP contribution < -0.4 is 10.9 Å². The van der Waals surface area contributed by atoms with E-state index in [4.69, 9.17) is 5.11 Å². The highest BCUT2D eigenvalue weighted by atomic mass is 16.4. The van der Waals surface area contributed by atoms with E-state index in [9.17, 15) is 14.4 Å². The van der Waals surface area contributed by atoms with Crippen LogP contribution in [0, 0.1) is 0 Å². The van der Waals surface area contributed by atoms with Gasteiger partial charge < -0.3 is 5.11 Å². The van der Waals surface area contributed by atoms with Crippen molar-refractivity contribution in [1.82, 2.24) is 9.97 Å². The summed E-state index contributed by atoms with van der Waals surface area (Å²) in [5, 5.41) is 10.6. The topological polar surface area (TPSA) is 112 Å². The maximum Gasteiger partial charge on any atom is 0.303 e. The summed E-state index contributed by atoms with van der Waals surface area (Å²) in [5.41, 5.74) is -0.390. The van der Waals surface area contributed by atoms with E-state index < -0.39 is 17.4 Å². The van der Waals surface area contributed by atoms with Crippen molar-refractivity contribution >= 4 is 17.8 Å². The number of nitrogens with one attached hydrogen (secondary N) is 2. The molecule has 1 rings (SSSR count). The second-order valence-electron chi connectivity index (χ2n) is 2.72. The van der Waals surface area contributed by atoms with Gasteiger partial charge in [-0.05, 0) is 0 Å². The number of anilines is 1. The zero-order valence-electron chi connectivity index (χ0n) is 7.69. The number of aromatic nitrogens is 2. The number of carbonyl (C=O) groups is 2. The first kappa shape index (κ1) is 10.9. The summed E-state index contributed by atoms with van der Waals surface area (Å²) in [6.07, 6.45) is 0.822. The molecule has 0 aliphatic carbocycles. The highest BCUT2D eigenvalue weighted by Crippen LogP contribution is 1.95. The lowest BCUT2D eigenvalue weighted by molar-refractivity contribution is -0.138. The second-order valence-corrected chi connectivity index (χ2v) is 2.72. The lowest BCUT2D eigenvalue weighted by atomic mass is 10.3. The highest BCUT2D eigenvalue weighted by molar-refractivity contribution is 5.90. The molecule has 0 atom stereocenters. The SMILES string of the molecule is O=C(O)CCC(=O)Nc1nccc(=O)[nH]1. The Balaban J connectivity index is 2.51. The maximum absolute atomic E-state index is 11.1. The Kier molecular flexibility index (Phi) is 3.55. The van der Waals surface area contributed by atoms with E-state index in [2.05, 4.69) is 15.3 Å². The van der Waals surface area contributed by atoms with Gasteiger partial charge in [0, 0.05) is 18.7 Å². The molecule has 0 unspecified atom stereocenters. The minimum absolute atomic E-state index is 0.0119.